The number of aromatic nitrogens is 2. The van der Waals surface area contributed by atoms with Crippen molar-refractivity contribution in [3.05, 3.63) is 46.6 Å². The molecule has 0 fully saturated rings. The summed E-state index contributed by atoms with van der Waals surface area (Å²) in [5.74, 6) is -0.190. The third-order valence-corrected chi connectivity index (χ3v) is 3.94. The van der Waals surface area contributed by atoms with Gasteiger partial charge in [-0.2, -0.15) is 5.10 Å². The van der Waals surface area contributed by atoms with Crippen molar-refractivity contribution in [3.8, 4) is 0 Å². The highest BCUT2D eigenvalue weighted by atomic mass is 35.5. The second-order valence-electron chi connectivity index (χ2n) is 5.96. The molecule has 0 aliphatic carbocycles. The number of hydrogen-bond donors (Lipinski definition) is 2. The van der Waals surface area contributed by atoms with Gasteiger partial charge in [-0.15, -0.1) is 0 Å². The van der Waals surface area contributed by atoms with Crippen molar-refractivity contribution in [2.75, 3.05) is 5.32 Å². The molecule has 1 heterocycles. The van der Waals surface area contributed by atoms with Crippen LogP contribution in [-0.2, 0) is 11.8 Å². The number of anilines is 1. The van der Waals surface area contributed by atoms with Gasteiger partial charge in [-0.05, 0) is 25.0 Å². The van der Waals surface area contributed by atoms with Gasteiger partial charge < -0.3 is 10.6 Å². The lowest BCUT2D eigenvalue weighted by molar-refractivity contribution is -0.118. The van der Waals surface area contributed by atoms with Crippen LogP contribution in [0.25, 0.3) is 0 Å². The fourth-order valence-corrected chi connectivity index (χ4v) is 2.55. The molecule has 2 rings (SSSR count). The van der Waals surface area contributed by atoms with Gasteiger partial charge in [-0.25, -0.2) is 0 Å². The second kappa shape index (κ2) is 7.49. The summed E-state index contributed by atoms with van der Waals surface area (Å²) in [4.78, 5) is 25.0. The smallest absolute Gasteiger partial charge is 0.253 e. The quantitative estimate of drug-likeness (QED) is 0.872. The molecule has 1 atom stereocenters. The van der Waals surface area contributed by atoms with Crippen LogP contribution < -0.4 is 10.6 Å². The number of benzene rings is 1. The van der Waals surface area contributed by atoms with E-state index in [2.05, 4.69) is 15.7 Å². The monoisotopic (exact) mass is 348 g/mol. The maximum Gasteiger partial charge on any atom is 0.253 e. The number of amides is 2. The standard InChI is InChI=1S/C17H21ClN4O2/c1-10(2)15(17(24)19-14-9-11(3)21-22(14)4)20-16(23)12-7-5-6-8-13(12)18/h5-10,15H,1-4H3,(H,19,24)(H,20,23). The van der Waals surface area contributed by atoms with Gasteiger partial charge in [0.25, 0.3) is 5.91 Å². The van der Waals surface area contributed by atoms with E-state index in [1.54, 1.807) is 42.1 Å². The van der Waals surface area contributed by atoms with Crippen molar-refractivity contribution in [1.82, 2.24) is 15.1 Å². The van der Waals surface area contributed by atoms with E-state index in [1.807, 2.05) is 20.8 Å². The van der Waals surface area contributed by atoms with Crippen LogP contribution in [0.15, 0.2) is 30.3 Å². The van der Waals surface area contributed by atoms with Gasteiger partial charge in [0.15, 0.2) is 0 Å². The average Bonchev–Trinajstić information content (AvgIpc) is 2.82. The highest BCUT2D eigenvalue weighted by Gasteiger charge is 2.26. The molecule has 1 aromatic carbocycles. The predicted octanol–water partition coefficient (Wildman–Crippen LogP) is 2.78. The lowest BCUT2D eigenvalue weighted by atomic mass is 10.0. The molecule has 2 N–H and O–H groups in total. The van der Waals surface area contributed by atoms with Crippen LogP contribution in [-0.4, -0.2) is 27.6 Å². The first-order valence-corrected chi connectivity index (χ1v) is 8.04. The number of nitrogens with zero attached hydrogens (tertiary/aromatic N) is 2. The Balaban J connectivity index is 2.14. The summed E-state index contributed by atoms with van der Waals surface area (Å²) < 4.78 is 1.58. The highest BCUT2D eigenvalue weighted by Crippen LogP contribution is 2.16. The first-order chi connectivity index (χ1) is 11.3. The Labute approximate surface area is 146 Å². The van der Waals surface area contributed by atoms with E-state index in [4.69, 9.17) is 11.6 Å². The number of carbonyl (C=O) groups is 2. The maximum absolute atomic E-state index is 12.6. The second-order valence-corrected chi connectivity index (χ2v) is 6.37. The van der Waals surface area contributed by atoms with Crippen LogP contribution in [0.4, 0.5) is 5.82 Å². The van der Waals surface area contributed by atoms with Crippen molar-refractivity contribution in [3.63, 3.8) is 0 Å². The molecule has 0 aliphatic heterocycles. The maximum atomic E-state index is 12.6. The molecule has 6 nitrogen and oxygen atoms in total. The van der Waals surface area contributed by atoms with Crippen molar-refractivity contribution < 1.29 is 9.59 Å². The number of nitrogens with one attached hydrogen (secondary N) is 2. The molecule has 0 aliphatic rings. The molecule has 0 radical (unpaired) electrons. The lowest BCUT2D eigenvalue weighted by Gasteiger charge is -2.22. The zero-order chi connectivity index (χ0) is 17.9. The fourth-order valence-electron chi connectivity index (χ4n) is 2.33. The van der Waals surface area contributed by atoms with Crippen LogP contribution in [0.1, 0.15) is 29.9 Å². The predicted molar refractivity (Wildman–Crippen MR) is 94.1 cm³/mol. The molecule has 2 aromatic rings. The van der Waals surface area contributed by atoms with Gasteiger partial charge in [0, 0.05) is 13.1 Å². The van der Waals surface area contributed by atoms with Crippen molar-refractivity contribution >= 4 is 29.2 Å². The largest absolute Gasteiger partial charge is 0.340 e. The van der Waals surface area contributed by atoms with E-state index in [0.717, 1.165) is 5.69 Å². The summed E-state index contributed by atoms with van der Waals surface area (Å²) in [5.41, 5.74) is 1.14. The van der Waals surface area contributed by atoms with Crippen LogP contribution in [0, 0.1) is 12.8 Å². The minimum Gasteiger partial charge on any atom is -0.340 e. The van der Waals surface area contributed by atoms with Gasteiger partial charge in [0.05, 0.1) is 16.3 Å². The Kier molecular flexibility index (Phi) is 5.62. The molecule has 0 saturated heterocycles. The zero-order valence-electron chi connectivity index (χ0n) is 14.1. The minimum atomic E-state index is -0.691. The normalized spacial score (nSPS) is 12.1. The summed E-state index contributed by atoms with van der Waals surface area (Å²) >= 11 is 6.04. The molecule has 24 heavy (non-hydrogen) atoms. The van der Waals surface area contributed by atoms with Crippen molar-refractivity contribution in [2.45, 2.75) is 26.8 Å². The Morgan fingerprint density at radius 1 is 1.25 bits per heavy atom. The van der Waals surface area contributed by atoms with E-state index in [1.165, 1.54) is 0 Å². The summed E-state index contributed by atoms with van der Waals surface area (Å²) in [6.07, 6.45) is 0. The summed E-state index contributed by atoms with van der Waals surface area (Å²) in [6, 6.07) is 7.81. The first kappa shape index (κ1) is 18.0. The highest BCUT2D eigenvalue weighted by molar-refractivity contribution is 6.33. The molecule has 0 spiro atoms. The zero-order valence-corrected chi connectivity index (χ0v) is 14.9. The topological polar surface area (TPSA) is 76.0 Å². The van der Waals surface area contributed by atoms with Gasteiger partial charge >= 0.3 is 0 Å². The van der Waals surface area contributed by atoms with E-state index in [0.29, 0.717) is 16.4 Å². The molecule has 0 saturated carbocycles. The lowest BCUT2D eigenvalue weighted by Crippen LogP contribution is -2.47. The Morgan fingerprint density at radius 3 is 2.46 bits per heavy atom. The van der Waals surface area contributed by atoms with Crippen molar-refractivity contribution in [2.24, 2.45) is 13.0 Å². The Hall–Kier alpha value is -2.34. The number of hydrogen-bond acceptors (Lipinski definition) is 3. The fraction of sp³-hybridized carbons (Fsp3) is 0.353. The summed E-state index contributed by atoms with van der Waals surface area (Å²) in [5, 5.41) is 10.1. The van der Waals surface area contributed by atoms with E-state index >= 15 is 0 Å². The molecule has 1 aromatic heterocycles. The third-order valence-electron chi connectivity index (χ3n) is 3.61. The third kappa shape index (κ3) is 4.14. The summed E-state index contributed by atoms with van der Waals surface area (Å²) in [6.45, 7) is 5.58. The van der Waals surface area contributed by atoms with Gasteiger partial charge in [0.2, 0.25) is 5.91 Å². The number of rotatable bonds is 5. The van der Waals surface area contributed by atoms with Crippen LogP contribution in [0.5, 0.6) is 0 Å². The minimum absolute atomic E-state index is 0.0919. The van der Waals surface area contributed by atoms with Gasteiger partial charge in [0.1, 0.15) is 11.9 Å². The molecule has 1 unspecified atom stereocenters. The average molecular weight is 349 g/mol. The van der Waals surface area contributed by atoms with Gasteiger partial charge in [-0.3, -0.25) is 14.3 Å². The van der Waals surface area contributed by atoms with Crippen LogP contribution in [0.2, 0.25) is 5.02 Å². The van der Waals surface area contributed by atoms with Gasteiger partial charge in [-0.1, -0.05) is 37.6 Å². The summed E-state index contributed by atoms with van der Waals surface area (Å²) in [7, 11) is 1.75. The molecular weight excluding hydrogens is 328 g/mol. The van der Waals surface area contributed by atoms with E-state index in [9.17, 15) is 9.59 Å². The Morgan fingerprint density at radius 2 is 1.92 bits per heavy atom. The number of carbonyl (C=O) groups excluding carboxylic acids is 2. The molecule has 7 heteroatoms. The SMILES string of the molecule is Cc1cc(NC(=O)C(NC(=O)c2ccccc2Cl)C(C)C)n(C)n1. The van der Waals surface area contributed by atoms with Crippen LogP contribution in [0.3, 0.4) is 0 Å². The number of halogens is 1. The first-order valence-electron chi connectivity index (χ1n) is 7.66. The molecular formula is C17H21ClN4O2. The number of aryl methyl sites for hydroxylation is 2. The Bertz CT molecular complexity index is 755. The molecule has 2 amide bonds. The van der Waals surface area contributed by atoms with Crippen LogP contribution >= 0.6 is 11.6 Å². The van der Waals surface area contributed by atoms with Crippen molar-refractivity contribution in [1.29, 1.82) is 0 Å². The van der Waals surface area contributed by atoms with E-state index in [-0.39, 0.29) is 17.7 Å². The van der Waals surface area contributed by atoms with E-state index < -0.39 is 6.04 Å². The molecule has 128 valence electrons. The molecule has 0 bridgehead atoms.